The quantitative estimate of drug-likeness (QED) is 0.648. The smallest absolute Gasteiger partial charge is 0.0648 e. The van der Waals surface area contributed by atoms with Gasteiger partial charge in [0.2, 0.25) is 0 Å². The molecule has 0 fully saturated rings. The van der Waals surface area contributed by atoms with E-state index in [1.165, 1.54) is 5.56 Å². The van der Waals surface area contributed by atoms with E-state index in [0.717, 1.165) is 11.4 Å². The zero-order valence-electron chi connectivity index (χ0n) is 11.1. The molecular weight excluding hydrogens is 234 g/mol. The van der Waals surface area contributed by atoms with E-state index in [2.05, 4.69) is 42.7 Å². The van der Waals surface area contributed by atoms with Gasteiger partial charge in [0.1, 0.15) is 0 Å². The van der Waals surface area contributed by atoms with Gasteiger partial charge in [-0.05, 0) is 37.3 Å². The summed E-state index contributed by atoms with van der Waals surface area (Å²) in [5, 5.41) is 0. The molecule has 0 unspecified atom stereocenters. The van der Waals surface area contributed by atoms with Crippen molar-refractivity contribution in [2.45, 2.75) is 6.92 Å². The Morgan fingerprint density at radius 2 is 1.79 bits per heavy atom. The summed E-state index contributed by atoms with van der Waals surface area (Å²) in [6, 6.07) is 13.9. The SMILES string of the molecule is C=CCN(c1ccc(C)cc1)c1ccc(N)cc1N. The van der Waals surface area contributed by atoms with E-state index in [-0.39, 0.29) is 0 Å². The topological polar surface area (TPSA) is 55.3 Å². The Kier molecular flexibility index (Phi) is 3.76. The first-order chi connectivity index (χ1) is 9.11. The van der Waals surface area contributed by atoms with Crippen molar-refractivity contribution >= 4 is 22.7 Å². The van der Waals surface area contributed by atoms with Crippen LogP contribution in [0.5, 0.6) is 0 Å². The summed E-state index contributed by atoms with van der Waals surface area (Å²) in [5.41, 5.74) is 16.4. The van der Waals surface area contributed by atoms with Crippen LogP contribution in [0.3, 0.4) is 0 Å². The lowest BCUT2D eigenvalue weighted by molar-refractivity contribution is 1.10. The van der Waals surface area contributed by atoms with E-state index < -0.39 is 0 Å². The lowest BCUT2D eigenvalue weighted by Gasteiger charge is -2.25. The maximum absolute atomic E-state index is 6.06. The van der Waals surface area contributed by atoms with Gasteiger partial charge in [-0.25, -0.2) is 0 Å². The number of hydrogen-bond donors (Lipinski definition) is 2. The van der Waals surface area contributed by atoms with Crippen molar-refractivity contribution in [1.29, 1.82) is 0 Å². The number of hydrogen-bond acceptors (Lipinski definition) is 3. The van der Waals surface area contributed by atoms with Gasteiger partial charge in [-0.1, -0.05) is 23.8 Å². The second kappa shape index (κ2) is 5.48. The highest BCUT2D eigenvalue weighted by molar-refractivity contribution is 5.77. The number of anilines is 4. The third-order valence-corrected chi connectivity index (χ3v) is 3.00. The van der Waals surface area contributed by atoms with Gasteiger partial charge in [-0.3, -0.25) is 0 Å². The molecule has 0 atom stereocenters. The van der Waals surface area contributed by atoms with Crippen LogP contribution in [0.15, 0.2) is 55.1 Å². The Hall–Kier alpha value is -2.42. The molecule has 4 N–H and O–H groups in total. The molecule has 0 heterocycles. The number of nitrogen functional groups attached to an aromatic ring is 2. The van der Waals surface area contributed by atoms with Crippen molar-refractivity contribution in [1.82, 2.24) is 0 Å². The van der Waals surface area contributed by atoms with Crippen molar-refractivity contribution in [2.75, 3.05) is 22.9 Å². The summed E-state index contributed by atoms with van der Waals surface area (Å²) >= 11 is 0. The van der Waals surface area contributed by atoms with E-state index in [9.17, 15) is 0 Å². The molecule has 98 valence electrons. The van der Waals surface area contributed by atoms with Gasteiger partial charge >= 0.3 is 0 Å². The molecule has 0 aliphatic carbocycles. The number of aryl methyl sites for hydroxylation is 1. The predicted octanol–water partition coefficient (Wildman–Crippen LogP) is 3.48. The van der Waals surface area contributed by atoms with Crippen LogP contribution in [-0.4, -0.2) is 6.54 Å². The molecule has 0 saturated carbocycles. The molecule has 3 heteroatoms. The lowest BCUT2D eigenvalue weighted by atomic mass is 10.1. The Bertz CT molecular complexity index is 573. The Morgan fingerprint density at radius 1 is 1.11 bits per heavy atom. The predicted molar refractivity (Wildman–Crippen MR) is 83.6 cm³/mol. The van der Waals surface area contributed by atoms with Crippen LogP contribution in [-0.2, 0) is 0 Å². The van der Waals surface area contributed by atoms with Crippen molar-refractivity contribution in [3.8, 4) is 0 Å². The van der Waals surface area contributed by atoms with Gasteiger partial charge in [0.25, 0.3) is 0 Å². The molecule has 2 aromatic rings. The lowest BCUT2D eigenvalue weighted by Crippen LogP contribution is -2.18. The molecule has 0 aliphatic heterocycles. The maximum atomic E-state index is 6.06. The first kappa shape index (κ1) is 13.0. The first-order valence-corrected chi connectivity index (χ1v) is 6.22. The Balaban J connectivity index is 2.44. The molecule has 0 spiro atoms. The third kappa shape index (κ3) is 2.88. The second-order valence-electron chi connectivity index (χ2n) is 4.55. The highest BCUT2D eigenvalue weighted by atomic mass is 15.1. The van der Waals surface area contributed by atoms with Gasteiger partial charge in [-0.2, -0.15) is 0 Å². The van der Waals surface area contributed by atoms with E-state index in [1.54, 1.807) is 6.07 Å². The number of benzene rings is 2. The minimum Gasteiger partial charge on any atom is -0.399 e. The highest BCUT2D eigenvalue weighted by Crippen LogP contribution is 2.31. The van der Waals surface area contributed by atoms with Gasteiger partial charge in [-0.15, -0.1) is 6.58 Å². The number of nitrogens with zero attached hydrogens (tertiary/aromatic N) is 1. The summed E-state index contributed by atoms with van der Waals surface area (Å²) in [4.78, 5) is 2.11. The van der Waals surface area contributed by atoms with Gasteiger partial charge in [0, 0.05) is 17.9 Å². The van der Waals surface area contributed by atoms with Crippen molar-refractivity contribution < 1.29 is 0 Å². The highest BCUT2D eigenvalue weighted by Gasteiger charge is 2.10. The van der Waals surface area contributed by atoms with Crippen LogP contribution in [0.25, 0.3) is 0 Å². The normalized spacial score (nSPS) is 10.2. The fraction of sp³-hybridized carbons (Fsp3) is 0.125. The minimum absolute atomic E-state index is 0.669. The van der Waals surface area contributed by atoms with Crippen LogP contribution >= 0.6 is 0 Å². The third-order valence-electron chi connectivity index (χ3n) is 3.00. The molecule has 0 radical (unpaired) electrons. The fourth-order valence-corrected chi connectivity index (χ4v) is 2.02. The molecule has 0 bridgehead atoms. The van der Waals surface area contributed by atoms with Crippen LogP contribution in [0.1, 0.15) is 5.56 Å². The van der Waals surface area contributed by atoms with Gasteiger partial charge in [0.05, 0.1) is 11.4 Å². The maximum Gasteiger partial charge on any atom is 0.0648 e. The Labute approximate surface area is 114 Å². The number of rotatable bonds is 4. The fourth-order valence-electron chi connectivity index (χ4n) is 2.02. The van der Waals surface area contributed by atoms with E-state index >= 15 is 0 Å². The molecule has 0 saturated heterocycles. The zero-order chi connectivity index (χ0) is 13.8. The van der Waals surface area contributed by atoms with Crippen LogP contribution in [0, 0.1) is 6.92 Å². The summed E-state index contributed by atoms with van der Waals surface area (Å²) in [7, 11) is 0. The minimum atomic E-state index is 0.669. The Morgan fingerprint density at radius 3 is 2.37 bits per heavy atom. The molecule has 19 heavy (non-hydrogen) atoms. The van der Waals surface area contributed by atoms with E-state index in [1.807, 2.05) is 18.2 Å². The summed E-state index contributed by atoms with van der Waals surface area (Å²) in [6.45, 7) is 6.57. The monoisotopic (exact) mass is 253 g/mol. The molecular formula is C16H19N3. The molecule has 0 aromatic heterocycles. The number of nitrogens with two attached hydrogens (primary N) is 2. The largest absolute Gasteiger partial charge is 0.399 e. The molecule has 3 nitrogen and oxygen atoms in total. The summed E-state index contributed by atoms with van der Waals surface area (Å²) < 4.78 is 0. The molecule has 2 aromatic carbocycles. The van der Waals surface area contributed by atoms with E-state index in [0.29, 0.717) is 17.9 Å². The van der Waals surface area contributed by atoms with Crippen molar-refractivity contribution in [2.24, 2.45) is 0 Å². The van der Waals surface area contributed by atoms with Crippen LogP contribution < -0.4 is 16.4 Å². The molecule has 2 rings (SSSR count). The van der Waals surface area contributed by atoms with Crippen LogP contribution in [0.4, 0.5) is 22.7 Å². The summed E-state index contributed by atoms with van der Waals surface area (Å²) in [6.07, 6.45) is 1.86. The first-order valence-electron chi connectivity index (χ1n) is 6.22. The van der Waals surface area contributed by atoms with Gasteiger partial charge in [0.15, 0.2) is 0 Å². The van der Waals surface area contributed by atoms with Crippen molar-refractivity contribution in [3.05, 3.63) is 60.7 Å². The van der Waals surface area contributed by atoms with Crippen LogP contribution in [0.2, 0.25) is 0 Å². The molecule has 0 amide bonds. The van der Waals surface area contributed by atoms with Gasteiger partial charge < -0.3 is 16.4 Å². The van der Waals surface area contributed by atoms with Crippen molar-refractivity contribution in [3.63, 3.8) is 0 Å². The zero-order valence-corrected chi connectivity index (χ0v) is 11.1. The van der Waals surface area contributed by atoms with E-state index in [4.69, 9.17) is 11.5 Å². The average Bonchev–Trinajstić information content (AvgIpc) is 2.38. The summed E-state index contributed by atoms with van der Waals surface area (Å²) in [5.74, 6) is 0. The second-order valence-corrected chi connectivity index (χ2v) is 4.55. The average molecular weight is 253 g/mol. The standard InChI is InChI=1S/C16H19N3/c1-3-10-19(14-7-4-12(2)5-8-14)16-9-6-13(17)11-15(16)18/h3-9,11H,1,10,17-18H2,2H3. The molecule has 0 aliphatic rings.